The third-order valence-electron chi connectivity index (χ3n) is 4.50. The summed E-state index contributed by atoms with van der Waals surface area (Å²) >= 11 is 0. The summed E-state index contributed by atoms with van der Waals surface area (Å²) in [6.07, 6.45) is -2.08. The fourth-order valence-corrected chi connectivity index (χ4v) is 2.74. The van der Waals surface area contributed by atoms with E-state index < -0.39 is 36.1 Å². The summed E-state index contributed by atoms with van der Waals surface area (Å²) in [5.41, 5.74) is -0.147. The Morgan fingerprint density at radius 2 is 0.941 bits per heavy atom. The van der Waals surface area contributed by atoms with Crippen molar-refractivity contribution < 1.29 is 38.1 Å². The zero-order valence-electron chi connectivity index (χ0n) is 18.5. The highest BCUT2D eigenvalue weighted by molar-refractivity contribution is 6.02. The van der Waals surface area contributed by atoms with E-state index >= 15 is 0 Å². The van der Waals surface area contributed by atoms with Crippen LogP contribution in [0.5, 0.6) is 11.5 Å². The van der Waals surface area contributed by atoms with Crippen LogP contribution in [0, 0.1) is 0 Å². The summed E-state index contributed by atoms with van der Waals surface area (Å²) in [4.78, 5) is 49.2. The molecule has 0 aliphatic rings. The number of carbonyl (C=O) groups is 4. The molecule has 0 heterocycles. The highest BCUT2D eigenvalue weighted by Gasteiger charge is 2.24. The zero-order valence-corrected chi connectivity index (χ0v) is 18.5. The largest absolute Gasteiger partial charge is 0.479 e. The Morgan fingerprint density at radius 1 is 0.559 bits per heavy atom. The minimum absolute atomic E-state index is 0.0734. The molecule has 8 nitrogen and oxygen atoms in total. The van der Waals surface area contributed by atoms with Gasteiger partial charge in [0.1, 0.15) is 11.5 Å². The van der Waals surface area contributed by atoms with Crippen molar-refractivity contribution in [3.8, 4) is 11.5 Å². The van der Waals surface area contributed by atoms with E-state index in [2.05, 4.69) is 0 Å². The summed E-state index contributed by atoms with van der Waals surface area (Å²) < 4.78 is 20.6. The zero-order chi connectivity index (χ0) is 24.5. The number of carbonyl (C=O) groups excluding carboxylic acids is 4. The number of rotatable bonds is 8. The second-order valence-corrected chi connectivity index (χ2v) is 7.14. The Hall–Kier alpha value is -4.46. The van der Waals surface area contributed by atoms with Gasteiger partial charge >= 0.3 is 23.9 Å². The van der Waals surface area contributed by atoms with Gasteiger partial charge < -0.3 is 18.9 Å². The number of ether oxygens (including phenoxy) is 4. The van der Waals surface area contributed by atoms with Gasteiger partial charge in [-0.05, 0) is 56.3 Å². The topological polar surface area (TPSA) is 105 Å². The maximum Gasteiger partial charge on any atom is 0.354 e. The summed E-state index contributed by atoms with van der Waals surface area (Å²) in [7, 11) is 0. The average Bonchev–Trinajstić information content (AvgIpc) is 2.85. The molecule has 0 saturated carbocycles. The van der Waals surface area contributed by atoms with E-state index in [9.17, 15) is 19.2 Å². The van der Waals surface area contributed by atoms with Crippen LogP contribution in [0.1, 0.15) is 34.6 Å². The van der Waals surface area contributed by atoms with E-state index in [1.54, 1.807) is 60.7 Å². The minimum Gasteiger partial charge on any atom is -0.479 e. The van der Waals surface area contributed by atoms with Gasteiger partial charge in [0, 0.05) is 0 Å². The van der Waals surface area contributed by atoms with Gasteiger partial charge in [-0.2, -0.15) is 0 Å². The lowest BCUT2D eigenvalue weighted by Crippen LogP contribution is -2.29. The first-order valence-electron chi connectivity index (χ1n) is 10.4. The number of hydrogen-bond acceptors (Lipinski definition) is 8. The molecule has 3 aromatic carbocycles. The molecule has 3 rings (SSSR count). The van der Waals surface area contributed by atoms with Crippen molar-refractivity contribution in [3.63, 3.8) is 0 Å². The van der Waals surface area contributed by atoms with Crippen LogP contribution < -0.4 is 9.47 Å². The van der Waals surface area contributed by atoms with Gasteiger partial charge in [0.25, 0.3) is 0 Å². The maximum absolute atomic E-state index is 12.4. The fraction of sp³-hybridized carbons (Fsp3) is 0.154. The van der Waals surface area contributed by atoms with Crippen molar-refractivity contribution in [1.29, 1.82) is 0 Å². The van der Waals surface area contributed by atoms with Crippen LogP contribution in [0.15, 0.2) is 84.9 Å². The van der Waals surface area contributed by atoms with Crippen LogP contribution in [-0.2, 0) is 19.1 Å². The van der Waals surface area contributed by atoms with Gasteiger partial charge in [0.15, 0.2) is 12.2 Å². The number of esters is 4. The van der Waals surface area contributed by atoms with Gasteiger partial charge in [-0.1, -0.05) is 42.5 Å². The van der Waals surface area contributed by atoms with Crippen LogP contribution >= 0.6 is 0 Å². The molecule has 174 valence electrons. The van der Waals surface area contributed by atoms with E-state index in [4.69, 9.17) is 18.9 Å². The molecule has 0 aliphatic carbocycles. The molecular weight excluding hydrogens is 440 g/mol. The predicted octanol–water partition coefficient (Wildman–Crippen LogP) is 3.99. The van der Waals surface area contributed by atoms with Crippen LogP contribution in [-0.4, -0.2) is 36.1 Å². The van der Waals surface area contributed by atoms with E-state index in [1.807, 2.05) is 0 Å². The molecule has 8 heteroatoms. The Bertz CT molecular complexity index is 1070. The monoisotopic (exact) mass is 462 g/mol. The van der Waals surface area contributed by atoms with Crippen LogP contribution in [0.25, 0.3) is 0 Å². The first kappa shape index (κ1) is 24.2. The van der Waals surface area contributed by atoms with Crippen molar-refractivity contribution in [2.24, 2.45) is 0 Å². The average molecular weight is 462 g/mol. The summed E-state index contributed by atoms with van der Waals surface area (Å²) in [5, 5.41) is 0. The van der Waals surface area contributed by atoms with Gasteiger partial charge in [-0.3, -0.25) is 0 Å². The molecule has 0 radical (unpaired) electrons. The molecule has 0 aromatic heterocycles. The third-order valence-corrected chi connectivity index (χ3v) is 4.50. The molecule has 0 amide bonds. The highest BCUT2D eigenvalue weighted by atomic mass is 16.6. The quantitative estimate of drug-likeness (QED) is 0.366. The van der Waals surface area contributed by atoms with Gasteiger partial charge in [0.05, 0.1) is 11.1 Å². The number of para-hydroxylation sites is 2. The number of hydrogen-bond donors (Lipinski definition) is 0. The van der Waals surface area contributed by atoms with Crippen molar-refractivity contribution in [2.45, 2.75) is 26.1 Å². The van der Waals surface area contributed by atoms with E-state index in [0.29, 0.717) is 11.5 Å². The molecule has 2 atom stereocenters. The van der Waals surface area contributed by atoms with E-state index in [0.717, 1.165) is 6.07 Å². The minimum atomic E-state index is -1.04. The molecule has 2 unspecified atom stereocenters. The first-order valence-corrected chi connectivity index (χ1v) is 10.4. The van der Waals surface area contributed by atoms with Crippen molar-refractivity contribution in [1.82, 2.24) is 0 Å². The lowest BCUT2D eigenvalue weighted by Gasteiger charge is -2.14. The van der Waals surface area contributed by atoms with E-state index in [1.165, 1.54) is 32.0 Å². The maximum atomic E-state index is 12.4. The molecule has 34 heavy (non-hydrogen) atoms. The molecule has 3 aromatic rings. The Balaban J connectivity index is 1.57. The van der Waals surface area contributed by atoms with Gasteiger partial charge in [-0.25, -0.2) is 19.2 Å². The SMILES string of the molecule is CC(Oc1ccccc1)C(=O)OC(=O)c1cccc(C(=O)OC(=O)C(C)Oc2ccccc2)c1. The standard InChI is InChI=1S/C26H22O8/c1-17(31-21-12-5-3-6-13-21)23(27)33-25(29)19-10-9-11-20(16-19)26(30)34-24(28)18(2)32-22-14-7-4-8-15-22/h3-18H,1-2H3. The Labute approximate surface area is 196 Å². The lowest BCUT2D eigenvalue weighted by molar-refractivity contribution is -0.146. The molecule has 0 bridgehead atoms. The molecule has 0 aliphatic heterocycles. The van der Waals surface area contributed by atoms with Crippen LogP contribution in [0.4, 0.5) is 0 Å². The Morgan fingerprint density at radius 3 is 1.32 bits per heavy atom. The molecule has 0 N–H and O–H groups in total. The number of benzene rings is 3. The summed E-state index contributed by atoms with van der Waals surface area (Å²) in [6, 6.07) is 22.5. The lowest BCUT2D eigenvalue weighted by atomic mass is 10.1. The van der Waals surface area contributed by atoms with Gasteiger partial charge in [-0.15, -0.1) is 0 Å². The van der Waals surface area contributed by atoms with Crippen molar-refractivity contribution in [2.75, 3.05) is 0 Å². The molecule has 0 saturated heterocycles. The third kappa shape index (κ3) is 6.77. The second-order valence-electron chi connectivity index (χ2n) is 7.14. The van der Waals surface area contributed by atoms with Gasteiger partial charge in [0.2, 0.25) is 0 Å². The second kappa shape index (κ2) is 11.4. The predicted molar refractivity (Wildman–Crippen MR) is 120 cm³/mol. The fourth-order valence-electron chi connectivity index (χ4n) is 2.74. The van der Waals surface area contributed by atoms with Crippen LogP contribution in [0.2, 0.25) is 0 Å². The first-order chi connectivity index (χ1) is 16.3. The summed E-state index contributed by atoms with van der Waals surface area (Å²) in [5.74, 6) is -2.86. The molecule has 0 fully saturated rings. The molecular formula is C26H22O8. The van der Waals surface area contributed by atoms with E-state index in [-0.39, 0.29) is 11.1 Å². The molecule has 0 spiro atoms. The van der Waals surface area contributed by atoms with Crippen LogP contribution in [0.3, 0.4) is 0 Å². The van der Waals surface area contributed by atoms with Crippen molar-refractivity contribution >= 4 is 23.9 Å². The highest BCUT2D eigenvalue weighted by Crippen LogP contribution is 2.15. The Kier molecular flexibility index (Phi) is 8.12. The van der Waals surface area contributed by atoms with Crippen molar-refractivity contribution in [3.05, 3.63) is 96.1 Å². The summed E-state index contributed by atoms with van der Waals surface area (Å²) in [6.45, 7) is 2.89. The normalized spacial score (nSPS) is 12.1. The smallest absolute Gasteiger partial charge is 0.354 e.